The summed E-state index contributed by atoms with van der Waals surface area (Å²) >= 11 is 0. The summed E-state index contributed by atoms with van der Waals surface area (Å²) in [6, 6.07) is 1.58. The van der Waals surface area contributed by atoms with E-state index in [-0.39, 0.29) is 23.0 Å². The molecule has 2 aliphatic rings. The summed E-state index contributed by atoms with van der Waals surface area (Å²) in [5, 5.41) is 3.59. The van der Waals surface area contributed by atoms with Crippen molar-refractivity contribution in [3.05, 3.63) is 18.0 Å². The summed E-state index contributed by atoms with van der Waals surface area (Å²) in [7, 11) is 1.65. The molecule has 2 amide bonds. The minimum atomic E-state index is -0.301. The molecular formula is C16H23N3O4. The molecule has 126 valence electrons. The first-order valence-electron chi connectivity index (χ1n) is 8.14. The predicted octanol–water partition coefficient (Wildman–Crippen LogP) is 1.17. The maximum atomic E-state index is 12.8. The van der Waals surface area contributed by atoms with Gasteiger partial charge in [-0.3, -0.25) is 9.59 Å². The van der Waals surface area contributed by atoms with Crippen LogP contribution in [0.15, 0.2) is 16.8 Å². The van der Waals surface area contributed by atoms with E-state index in [9.17, 15) is 9.59 Å². The van der Waals surface area contributed by atoms with Crippen LogP contribution in [0, 0.1) is 5.41 Å². The number of hydrogen-bond acceptors (Lipinski definition) is 5. The van der Waals surface area contributed by atoms with Gasteiger partial charge in [-0.1, -0.05) is 5.16 Å². The van der Waals surface area contributed by atoms with Gasteiger partial charge < -0.3 is 19.1 Å². The number of methoxy groups -OCH3 is 1. The number of rotatable bonds is 4. The van der Waals surface area contributed by atoms with E-state index in [1.54, 1.807) is 18.1 Å². The summed E-state index contributed by atoms with van der Waals surface area (Å²) in [5.41, 5.74) is -0.301. The lowest BCUT2D eigenvalue weighted by Crippen LogP contribution is -2.37. The first kappa shape index (κ1) is 16.0. The van der Waals surface area contributed by atoms with Crippen LogP contribution in [0.5, 0.6) is 0 Å². The molecule has 1 spiro atoms. The second-order valence-corrected chi connectivity index (χ2v) is 6.34. The average molecular weight is 321 g/mol. The zero-order valence-corrected chi connectivity index (χ0v) is 13.5. The molecule has 1 atom stereocenters. The van der Waals surface area contributed by atoms with Crippen molar-refractivity contribution in [2.24, 2.45) is 5.41 Å². The highest BCUT2D eigenvalue weighted by atomic mass is 16.5. The van der Waals surface area contributed by atoms with E-state index in [2.05, 4.69) is 5.16 Å². The quantitative estimate of drug-likeness (QED) is 0.832. The predicted molar refractivity (Wildman–Crippen MR) is 81.8 cm³/mol. The second-order valence-electron chi connectivity index (χ2n) is 6.34. The van der Waals surface area contributed by atoms with Crippen molar-refractivity contribution >= 4 is 11.8 Å². The van der Waals surface area contributed by atoms with Crippen molar-refractivity contribution in [1.82, 2.24) is 15.0 Å². The van der Waals surface area contributed by atoms with Crippen molar-refractivity contribution < 1.29 is 18.8 Å². The average Bonchev–Trinajstić information content (AvgIpc) is 3.12. The Morgan fingerprint density at radius 2 is 2.17 bits per heavy atom. The summed E-state index contributed by atoms with van der Waals surface area (Å²) in [4.78, 5) is 28.8. The van der Waals surface area contributed by atoms with E-state index in [0.717, 1.165) is 32.2 Å². The molecule has 0 saturated carbocycles. The summed E-state index contributed by atoms with van der Waals surface area (Å²) < 4.78 is 10.0. The molecule has 0 radical (unpaired) electrons. The number of carbonyl (C=O) groups excluding carboxylic acids is 2. The van der Waals surface area contributed by atoms with Crippen molar-refractivity contribution in [3.8, 4) is 0 Å². The fraction of sp³-hybridized carbons (Fsp3) is 0.688. The molecule has 2 saturated heterocycles. The van der Waals surface area contributed by atoms with E-state index < -0.39 is 0 Å². The van der Waals surface area contributed by atoms with Gasteiger partial charge in [0.15, 0.2) is 0 Å². The van der Waals surface area contributed by atoms with Crippen LogP contribution < -0.4 is 0 Å². The Balaban J connectivity index is 1.64. The van der Waals surface area contributed by atoms with Crippen LogP contribution in [0.3, 0.4) is 0 Å². The fourth-order valence-electron chi connectivity index (χ4n) is 3.65. The third kappa shape index (κ3) is 3.10. The largest absolute Gasteiger partial charge is 0.383 e. The maximum Gasteiger partial charge on any atom is 0.292 e. The van der Waals surface area contributed by atoms with Crippen LogP contribution in [0.1, 0.15) is 36.2 Å². The zero-order valence-electron chi connectivity index (χ0n) is 13.5. The molecule has 7 nitrogen and oxygen atoms in total. The van der Waals surface area contributed by atoms with Gasteiger partial charge in [0.05, 0.1) is 18.2 Å². The van der Waals surface area contributed by atoms with E-state index in [0.29, 0.717) is 26.2 Å². The summed E-state index contributed by atoms with van der Waals surface area (Å²) in [6.07, 6.45) is 4.75. The zero-order chi connectivity index (χ0) is 16.3. The molecule has 2 fully saturated rings. The highest BCUT2D eigenvalue weighted by molar-refractivity contribution is 5.91. The van der Waals surface area contributed by atoms with E-state index in [4.69, 9.17) is 9.26 Å². The maximum absolute atomic E-state index is 12.8. The van der Waals surface area contributed by atoms with Gasteiger partial charge in [-0.15, -0.1) is 0 Å². The smallest absolute Gasteiger partial charge is 0.292 e. The van der Waals surface area contributed by atoms with Gasteiger partial charge in [-0.25, -0.2) is 0 Å². The first-order chi connectivity index (χ1) is 11.2. The number of likely N-dealkylation sites (tertiary alicyclic amines) is 2. The van der Waals surface area contributed by atoms with Gasteiger partial charge in [0, 0.05) is 39.4 Å². The minimum absolute atomic E-state index is 0.138. The highest BCUT2D eigenvalue weighted by Gasteiger charge is 2.47. The van der Waals surface area contributed by atoms with Gasteiger partial charge in [0.2, 0.25) is 11.7 Å². The van der Waals surface area contributed by atoms with Crippen LogP contribution in [0.4, 0.5) is 0 Å². The van der Waals surface area contributed by atoms with Crippen molar-refractivity contribution in [1.29, 1.82) is 0 Å². The molecule has 0 bridgehead atoms. The molecule has 0 N–H and O–H groups in total. The summed E-state index contributed by atoms with van der Waals surface area (Å²) in [5.74, 6) is 0.352. The lowest BCUT2D eigenvalue weighted by Gasteiger charge is -2.26. The van der Waals surface area contributed by atoms with Crippen LogP contribution in [-0.2, 0) is 9.53 Å². The Bertz CT molecular complexity index is 560. The molecule has 3 rings (SSSR count). The molecule has 1 aromatic rings. The number of hydrogen-bond donors (Lipinski definition) is 0. The van der Waals surface area contributed by atoms with Gasteiger partial charge in [0.1, 0.15) is 0 Å². The van der Waals surface area contributed by atoms with Gasteiger partial charge in [-0.05, 0) is 25.7 Å². The van der Waals surface area contributed by atoms with Crippen LogP contribution >= 0.6 is 0 Å². The monoisotopic (exact) mass is 321 g/mol. The molecule has 0 unspecified atom stereocenters. The number of aromatic nitrogens is 1. The Labute approximate surface area is 135 Å². The van der Waals surface area contributed by atoms with E-state index in [1.807, 2.05) is 4.90 Å². The lowest BCUT2D eigenvalue weighted by molar-refractivity contribution is -0.137. The number of ether oxygens (including phenoxy) is 1. The van der Waals surface area contributed by atoms with Crippen molar-refractivity contribution in [2.75, 3.05) is 39.9 Å². The summed E-state index contributed by atoms with van der Waals surface area (Å²) in [6.45, 7) is 3.25. The van der Waals surface area contributed by atoms with Gasteiger partial charge >= 0.3 is 0 Å². The molecule has 0 aliphatic carbocycles. The number of carbonyl (C=O) groups is 2. The number of nitrogens with zero attached hydrogens (tertiary/aromatic N) is 3. The molecule has 1 aromatic heterocycles. The Morgan fingerprint density at radius 1 is 1.35 bits per heavy atom. The topological polar surface area (TPSA) is 75.9 Å². The SMILES string of the molecule is COCCN1CC[C@@]2(CCCN(C(=O)c3ccno3)CC2)C1=O. The first-order valence-corrected chi connectivity index (χ1v) is 8.14. The van der Waals surface area contributed by atoms with Crippen LogP contribution in [-0.4, -0.2) is 66.7 Å². The van der Waals surface area contributed by atoms with Crippen molar-refractivity contribution in [2.45, 2.75) is 25.7 Å². The second kappa shape index (κ2) is 6.70. The molecule has 3 heterocycles. The molecular weight excluding hydrogens is 298 g/mol. The van der Waals surface area contributed by atoms with Crippen LogP contribution in [0.2, 0.25) is 0 Å². The minimum Gasteiger partial charge on any atom is -0.383 e. The number of amides is 2. The molecule has 23 heavy (non-hydrogen) atoms. The normalized spacial score (nSPS) is 25.2. The molecule has 2 aliphatic heterocycles. The van der Waals surface area contributed by atoms with Crippen LogP contribution in [0.25, 0.3) is 0 Å². The van der Waals surface area contributed by atoms with Crippen molar-refractivity contribution in [3.63, 3.8) is 0 Å². The van der Waals surface area contributed by atoms with Gasteiger partial charge in [-0.2, -0.15) is 0 Å². The Morgan fingerprint density at radius 3 is 2.91 bits per heavy atom. The standard InChI is InChI=1S/C16H23N3O4/c1-22-12-11-19-10-6-16(15(19)21)4-2-8-18(9-5-16)14(20)13-3-7-17-23-13/h3,7H,2,4-6,8-12H2,1H3/t16-/m0/s1. The Hall–Kier alpha value is -1.89. The van der Waals surface area contributed by atoms with E-state index in [1.165, 1.54) is 6.20 Å². The highest BCUT2D eigenvalue weighted by Crippen LogP contribution is 2.41. The van der Waals surface area contributed by atoms with E-state index >= 15 is 0 Å². The molecule has 7 heteroatoms. The van der Waals surface area contributed by atoms with Gasteiger partial charge in [0.25, 0.3) is 5.91 Å². The molecule has 0 aromatic carbocycles. The Kier molecular flexibility index (Phi) is 4.66. The lowest BCUT2D eigenvalue weighted by atomic mass is 9.79. The third-order valence-corrected chi connectivity index (χ3v) is 5.05. The third-order valence-electron chi connectivity index (χ3n) is 5.05. The fourth-order valence-corrected chi connectivity index (χ4v) is 3.65.